The molecule has 0 spiro atoms. The average molecular weight is 508 g/mol. The van der Waals surface area contributed by atoms with Crippen molar-refractivity contribution in [2.24, 2.45) is 0 Å². The Morgan fingerprint density at radius 1 is 0.947 bits per heavy atom. The highest BCUT2D eigenvalue weighted by Gasteiger charge is 2.47. The molecule has 5 rings (SSSR count). The van der Waals surface area contributed by atoms with Crippen LogP contribution in [-0.2, 0) is 9.59 Å². The fourth-order valence-electron chi connectivity index (χ4n) is 4.98. The fraction of sp³-hybridized carbons (Fsp3) is 0.188. The second kappa shape index (κ2) is 10.1. The molecule has 6 heteroatoms. The molecule has 1 unspecified atom stereocenters. The van der Waals surface area contributed by atoms with Crippen molar-refractivity contribution in [2.45, 2.75) is 32.7 Å². The van der Waals surface area contributed by atoms with Crippen molar-refractivity contribution in [3.05, 3.63) is 107 Å². The number of anilines is 1. The number of phenolic OH excluding ortho intramolecular Hbond substituents is 1. The van der Waals surface area contributed by atoms with Gasteiger partial charge in [-0.3, -0.25) is 14.5 Å². The number of hydrogen-bond donors (Lipinski definition) is 2. The maximum atomic E-state index is 13.6. The highest BCUT2D eigenvalue weighted by Crippen LogP contribution is 2.44. The molecule has 2 N–H and O–H groups in total. The van der Waals surface area contributed by atoms with Crippen LogP contribution < -0.4 is 9.64 Å². The predicted molar refractivity (Wildman–Crippen MR) is 149 cm³/mol. The first-order valence-electron chi connectivity index (χ1n) is 12.7. The Balaban J connectivity index is 1.75. The minimum atomic E-state index is -0.932. The Morgan fingerprint density at radius 3 is 2.37 bits per heavy atom. The van der Waals surface area contributed by atoms with Crippen LogP contribution in [0.2, 0.25) is 0 Å². The lowest BCUT2D eigenvalue weighted by Gasteiger charge is -2.26. The van der Waals surface area contributed by atoms with Crippen molar-refractivity contribution >= 4 is 33.9 Å². The molecule has 192 valence electrons. The summed E-state index contributed by atoms with van der Waals surface area (Å²) >= 11 is 0. The summed E-state index contributed by atoms with van der Waals surface area (Å²) in [6.45, 7) is 6.28. The van der Waals surface area contributed by atoms with Gasteiger partial charge in [0.25, 0.3) is 11.7 Å². The molecule has 0 saturated carbocycles. The number of ketones is 1. The second-order valence-electron chi connectivity index (χ2n) is 9.60. The summed E-state index contributed by atoms with van der Waals surface area (Å²) in [5.41, 5.74) is 2.60. The molecule has 1 atom stereocenters. The Morgan fingerprint density at radius 2 is 1.66 bits per heavy atom. The van der Waals surface area contributed by atoms with Crippen LogP contribution in [0.1, 0.15) is 49.4 Å². The van der Waals surface area contributed by atoms with Crippen LogP contribution in [0.3, 0.4) is 0 Å². The van der Waals surface area contributed by atoms with E-state index in [1.54, 1.807) is 31.2 Å². The van der Waals surface area contributed by atoms with Crippen LogP contribution in [0, 0.1) is 0 Å². The second-order valence-corrected chi connectivity index (χ2v) is 9.60. The van der Waals surface area contributed by atoms with Crippen molar-refractivity contribution in [1.29, 1.82) is 0 Å². The minimum Gasteiger partial charge on any atom is -0.507 e. The van der Waals surface area contributed by atoms with Crippen LogP contribution >= 0.6 is 0 Å². The van der Waals surface area contributed by atoms with Gasteiger partial charge in [-0.15, -0.1) is 0 Å². The van der Waals surface area contributed by atoms with Gasteiger partial charge in [0.1, 0.15) is 5.76 Å². The standard InChI is InChI=1S/C32H29NO5/c1-4-38-27-18-22(14-17-26(27)34)29-28(30(35)25-11-7-9-21-8-5-6-10-24(21)25)31(36)32(37)33(29)23-15-12-20(13-16-23)19(2)3/h5-19,29,34-35H,4H2,1-3H3/b30-28+. The molecular formula is C32H29NO5. The molecule has 1 aliphatic rings. The normalized spacial score (nSPS) is 16.9. The summed E-state index contributed by atoms with van der Waals surface area (Å²) in [6, 6.07) is 24.3. The molecular weight excluding hydrogens is 478 g/mol. The highest BCUT2D eigenvalue weighted by atomic mass is 16.5. The molecule has 1 aliphatic heterocycles. The van der Waals surface area contributed by atoms with E-state index < -0.39 is 17.7 Å². The molecule has 1 amide bonds. The first-order valence-corrected chi connectivity index (χ1v) is 12.7. The maximum Gasteiger partial charge on any atom is 0.300 e. The smallest absolute Gasteiger partial charge is 0.300 e. The lowest BCUT2D eigenvalue weighted by atomic mass is 9.93. The van der Waals surface area contributed by atoms with Crippen LogP contribution in [0.4, 0.5) is 5.69 Å². The zero-order valence-corrected chi connectivity index (χ0v) is 21.5. The summed E-state index contributed by atoms with van der Waals surface area (Å²) in [5.74, 6) is -1.29. The summed E-state index contributed by atoms with van der Waals surface area (Å²) in [6.07, 6.45) is 0. The number of aromatic hydroxyl groups is 1. The zero-order valence-electron chi connectivity index (χ0n) is 21.5. The molecule has 6 nitrogen and oxygen atoms in total. The fourth-order valence-corrected chi connectivity index (χ4v) is 4.98. The zero-order chi connectivity index (χ0) is 27.0. The third-order valence-electron chi connectivity index (χ3n) is 6.93. The maximum absolute atomic E-state index is 13.6. The van der Waals surface area contributed by atoms with E-state index in [4.69, 9.17) is 4.74 Å². The van der Waals surface area contributed by atoms with E-state index in [0.717, 1.165) is 16.3 Å². The van der Waals surface area contributed by atoms with Gasteiger partial charge in [-0.2, -0.15) is 0 Å². The third-order valence-corrected chi connectivity index (χ3v) is 6.93. The van der Waals surface area contributed by atoms with Crippen LogP contribution in [0.5, 0.6) is 11.5 Å². The quantitative estimate of drug-likeness (QED) is 0.172. The summed E-state index contributed by atoms with van der Waals surface area (Å²) < 4.78 is 5.59. The van der Waals surface area contributed by atoms with E-state index in [1.165, 1.54) is 11.0 Å². The van der Waals surface area contributed by atoms with Crippen LogP contribution in [0.25, 0.3) is 16.5 Å². The van der Waals surface area contributed by atoms with E-state index in [2.05, 4.69) is 13.8 Å². The van der Waals surface area contributed by atoms with Gasteiger partial charge in [0.05, 0.1) is 18.2 Å². The van der Waals surface area contributed by atoms with Crippen LogP contribution in [0.15, 0.2) is 90.5 Å². The average Bonchev–Trinajstić information content (AvgIpc) is 3.19. The molecule has 1 fully saturated rings. The number of phenols is 1. The number of aliphatic hydroxyl groups excluding tert-OH is 1. The number of aliphatic hydroxyl groups is 1. The Kier molecular flexibility index (Phi) is 6.64. The van der Waals surface area contributed by atoms with Crippen molar-refractivity contribution in [1.82, 2.24) is 0 Å². The number of rotatable bonds is 6. The van der Waals surface area contributed by atoms with E-state index in [-0.39, 0.29) is 22.8 Å². The lowest BCUT2D eigenvalue weighted by Crippen LogP contribution is -2.29. The van der Waals surface area contributed by atoms with Gasteiger partial charge in [0, 0.05) is 11.3 Å². The Hall–Kier alpha value is -4.58. The van der Waals surface area contributed by atoms with Crippen molar-refractivity contribution < 1.29 is 24.5 Å². The number of fused-ring (bicyclic) bond motifs is 1. The number of carbonyl (C=O) groups is 2. The molecule has 1 heterocycles. The van der Waals surface area contributed by atoms with Gasteiger partial charge in [0.2, 0.25) is 0 Å². The SMILES string of the molecule is CCOc1cc(C2/C(=C(\O)c3cccc4ccccc34)C(=O)C(=O)N2c2ccc(C(C)C)cc2)ccc1O. The topological polar surface area (TPSA) is 87.1 Å². The van der Waals surface area contributed by atoms with Gasteiger partial charge < -0.3 is 14.9 Å². The number of benzene rings is 4. The number of carbonyl (C=O) groups excluding carboxylic acids is 2. The summed E-state index contributed by atoms with van der Waals surface area (Å²) in [5, 5.41) is 23.6. The van der Waals surface area contributed by atoms with Crippen molar-refractivity contribution in [2.75, 3.05) is 11.5 Å². The van der Waals surface area contributed by atoms with Gasteiger partial charge in [-0.05, 0) is 59.0 Å². The van der Waals surface area contributed by atoms with Crippen molar-refractivity contribution in [3.8, 4) is 11.5 Å². The van der Waals surface area contributed by atoms with Gasteiger partial charge in [0.15, 0.2) is 11.5 Å². The minimum absolute atomic E-state index is 0.0209. The molecule has 0 bridgehead atoms. The first-order chi connectivity index (χ1) is 18.3. The van der Waals surface area contributed by atoms with E-state index in [0.29, 0.717) is 29.3 Å². The number of ether oxygens (including phenoxy) is 1. The van der Waals surface area contributed by atoms with Crippen LogP contribution in [-0.4, -0.2) is 28.5 Å². The van der Waals surface area contributed by atoms with Gasteiger partial charge in [-0.25, -0.2) is 0 Å². The highest BCUT2D eigenvalue weighted by molar-refractivity contribution is 6.51. The summed E-state index contributed by atoms with van der Waals surface area (Å²) in [4.78, 5) is 28.5. The van der Waals surface area contributed by atoms with E-state index in [9.17, 15) is 19.8 Å². The Bertz CT molecular complexity index is 1560. The molecule has 0 radical (unpaired) electrons. The molecule has 38 heavy (non-hydrogen) atoms. The molecule has 0 aromatic heterocycles. The monoisotopic (exact) mass is 507 g/mol. The van der Waals surface area contributed by atoms with Gasteiger partial charge >= 0.3 is 0 Å². The number of Topliss-reactive ketones (excluding diaryl/α,β-unsaturated/α-hetero) is 1. The molecule has 1 saturated heterocycles. The molecule has 0 aliphatic carbocycles. The Labute approximate surface area is 221 Å². The van der Waals surface area contributed by atoms with E-state index in [1.807, 2.05) is 54.6 Å². The first kappa shape index (κ1) is 25.1. The molecule has 4 aromatic carbocycles. The number of amides is 1. The molecule has 4 aromatic rings. The number of hydrogen-bond acceptors (Lipinski definition) is 5. The third kappa shape index (κ3) is 4.28. The van der Waals surface area contributed by atoms with E-state index >= 15 is 0 Å². The van der Waals surface area contributed by atoms with Gasteiger partial charge in [-0.1, -0.05) is 74.5 Å². The predicted octanol–water partition coefficient (Wildman–Crippen LogP) is 6.69. The number of nitrogens with zero attached hydrogens (tertiary/aromatic N) is 1. The lowest BCUT2D eigenvalue weighted by molar-refractivity contribution is -0.132. The van der Waals surface area contributed by atoms with Crippen molar-refractivity contribution in [3.63, 3.8) is 0 Å². The summed E-state index contributed by atoms with van der Waals surface area (Å²) in [7, 11) is 0. The largest absolute Gasteiger partial charge is 0.507 e.